The predicted octanol–water partition coefficient (Wildman–Crippen LogP) is 4.68. The fraction of sp³-hybridized carbons (Fsp3) is 0.333. The molecule has 1 aliphatic heterocycles. The third-order valence-corrected chi connectivity index (χ3v) is 3.74. The van der Waals surface area contributed by atoms with Crippen LogP contribution in [0.2, 0.25) is 5.02 Å². The Morgan fingerprint density at radius 2 is 1.91 bits per heavy atom. The minimum absolute atomic E-state index is 0.199. The van der Waals surface area contributed by atoms with Crippen LogP contribution >= 0.6 is 11.6 Å². The van der Waals surface area contributed by atoms with E-state index in [0.717, 1.165) is 18.6 Å². The lowest BCUT2D eigenvalue weighted by Gasteiger charge is -2.14. The van der Waals surface area contributed by atoms with Gasteiger partial charge in [-0.05, 0) is 23.6 Å². The van der Waals surface area contributed by atoms with Crippen molar-refractivity contribution >= 4 is 11.6 Å². The summed E-state index contributed by atoms with van der Waals surface area (Å²) in [7, 11) is 0. The SMILES string of the molecule is C[C@H]1COC(Oc2cc(Cl)cc(OCc3ccccc3)c2)C1. The van der Waals surface area contributed by atoms with Gasteiger partial charge in [0.15, 0.2) is 6.29 Å². The molecule has 2 atom stereocenters. The van der Waals surface area contributed by atoms with Crippen molar-refractivity contribution in [2.45, 2.75) is 26.2 Å². The summed E-state index contributed by atoms with van der Waals surface area (Å²) in [5, 5.41) is 0.589. The summed E-state index contributed by atoms with van der Waals surface area (Å²) in [6.45, 7) is 3.38. The van der Waals surface area contributed by atoms with E-state index in [1.807, 2.05) is 36.4 Å². The largest absolute Gasteiger partial charge is 0.489 e. The Labute approximate surface area is 135 Å². The van der Waals surface area contributed by atoms with Gasteiger partial charge in [-0.2, -0.15) is 0 Å². The molecule has 0 saturated carbocycles. The van der Waals surface area contributed by atoms with Crippen molar-refractivity contribution in [3.8, 4) is 11.5 Å². The van der Waals surface area contributed by atoms with Crippen LogP contribution in [0.25, 0.3) is 0 Å². The Morgan fingerprint density at radius 3 is 2.64 bits per heavy atom. The molecule has 0 aromatic heterocycles. The fourth-order valence-corrected chi connectivity index (χ4v) is 2.61. The van der Waals surface area contributed by atoms with Gasteiger partial charge in [0.2, 0.25) is 0 Å². The van der Waals surface area contributed by atoms with Gasteiger partial charge < -0.3 is 14.2 Å². The highest BCUT2D eigenvalue weighted by Gasteiger charge is 2.23. The normalized spacial score (nSPS) is 20.8. The molecule has 0 bridgehead atoms. The topological polar surface area (TPSA) is 27.7 Å². The van der Waals surface area contributed by atoms with E-state index in [1.165, 1.54) is 0 Å². The molecule has 3 nitrogen and oxygen atoms in total. The molecule has 0 spiro atoms. The summed E-state index contributed by atoms with van der Waals surface area (Å²) in [6, 6.07) is 15.4. The Hall–Kier alpha value is -1.71. The van der Waals surface area contributed by atoms with E-state index in [1.54, 1.807) is 12.1 Å². The quantitative estimate of drug-likeness (QED) is 0.801. The van der Waals surface area contributed by atoms with Crippen molar-refractivity contribution in [1.82, 2.24) is 0 Å². The Morgan fingerprint density at radius 1 is 1.14 bits per heavy atom. The molecular formula is C18H19ClO3. The second kappa shape index (κ2) is 7.03. The summed E-state index contributed by atoms with van der Waals surface area (Å²) in [4.78, 5) is 0. The number of halogens is 1. The molecule has 2 aromatic rings. The van der Waals surface area contributed by atoms with Gasteiger partial charge in [-0.25, -0.2) is 0 Å². The van der Waals surface area contributed by atoms with E-state index in [2.05, 4.69) is 6.92 Å². The van der Waals surface area contributed by atoms with Gasteiger partial charge in [-0.3, -0.25) is 0 Å². The predicted molar refractivity (Wildman–Crippen MR) is 86.4 cm³/mol. The summed E-state index contributed by atoms with van der Waals surface area (Å²) in [5.41, 5.74) is 1.11. The minimum Gasteiger partial charge on any atom is -0.489 e. The van der Waals surface area contributed by atoms with E-state index < -0.39 is 0 Å². The monoisotopic (exact) mass is 318 g/mol. The van der Waals surface area contributed by atoms with E-state index in [-0.39, 0.29) is 6.29 Å². The first-order valence-electron chi connectivity index (χ1n) is 7.44. The van der Waals surface area contributed by atoms with Crippen LogP contribution in [-0.2, 0) is 11.3 Å². The van der Waals surface area contributed by atoms with Crippen LogP contribution in [-0.4, -0.2) is 12.9 Å². The lowest BCUT2D eigenvalue weighted by atomic mass is 10.1. The maximum Gasteiger partial charge on any atom is 0.200 e. The average Bonchev–Trinajstić information content (AvgIpc) is 2.91. The van der Waals surface area contributed by atoms with Crippen molar-refractivity contribution in [3.63, 3.8) is 0 Å². The third kappa shape index (κ3) is 4.15. The highest BCUT2D eigenvalue weighted by atomic mass is 35.5. The fourth-order valence-electron chi connectivity index (χ4n) is 2.40. The second-order valence-electron chi connectivity index (χ2n) is 5.62. The Kier molecular flexibility index (Phi) is 4.86. The van der Waals surface area contributed by atoms with E-state index in [9.17, 15) is 0 Å². The highest BCUT2D eigenvalue weighted by Crippen LogP contribution is 2.29. The van der Waals surface area contributed by atoms with Gasteiger partial charge in [0.25, 0.3) is 0 Å². The summed E-state index contributed by atoms with van der Waals surface area (Å²) in [5.74, 6) is 1.89. The van der Waals surface area contributed by atoms with Crippen molar-refractivity contribution in [2.24, 2.45) is 5.92 Å². The number of rotatable bonds is 5. The highest BCUT2D eigenvalue weighted by molar-refractivity contribution is 6.30. The van der Waals surface area contributed by atoms with Gasteiger partial charge in [-0.15, -0.1) is 0 Å². The molecule has 1 unspecified atom stereocenters. The van der Waals surface area contributed by atoms with E-state index in [4.69, 9.17) is 25.8 Å². The van der Waals surface area contributed by atoms with Crippen LogP contribution in [0.5, 0.6) is 11.5 Å². The molecule has 1 saturated heterocycles. The van der Waals surface area contributed by atoms with Crippen LogP contribution in [0.15, 0.2) is 48.5 Å². The molecule has 0 radical (unpaired) electrons. The second-order valence-corrected chi connectivity index (χ2v) is 6.05. The van der Waals surface area contributed by atoms with Gasteiger partial charge in [0, 0.05) is 17.5 Å². The van der Waals surface area contributed by atoms with Crippen LogP contribution in [0.1, 0.15) is 18.9 Å². The van der Waals surface area contributed by atoms with Crippen LogP contribution < -0.4 is 9.47 Å². The molecule has 2 aromatic carbocycles. The number of benzene rings is 2. The smallest absolute Gasteiger partial charge is 0.200 e. The molecule has 0 aliphatic carbocycles. The number of hydrogen-bond acceptors (Lipinski definition) is 3. The summed E-state index contributed by atoms with van der Waals surface area (Å²) in [6.07, 6.45) is 0.697. The number of ether oxygens (including phenoxy) is 3. The minimum atomic E-state index is -0.199. The summed E-state index contributed by atoms with van der Waals surface area (Å²) >= 11 is 6.15. The first-order valence-corrected chi connectivity index (χ1v) is 7.82. The maximum atomic E-state index is 6.15. The summed E-state index contributed by atoms with van der Waals surface area (Å²) < 4.78 is 17.2. The van der Waals surface area contributed by atoms with Gasteiger partial charge in [0.05, 0.1) is 6.61 Å². The maximum absolute atomic E-state index is 6.15. The molecule has 3 rings (SSSR count). The van der Waals surface area contributed by atoms with Crippen LogP contribution in [0.3, 0.4) is 0 Å². The van der Waals surface area contributed by atoms with E-state index >= 15 is 0 Å². The molecule has 1 heterocycles. The lowest BCUT2D eigenvalue weighted by molar-refractivity contribution is -0.0394. The van der Waals surface area contributed by atoms with E-state index in [0.29, 0.717) is 29.0 Å². The van der Waals surface area contributed by atoms with Gasteiger partial charge in [-0.1, -0.05) is 48.9 Å². The molecule has 22 heavy (non-hydrogen) atoms. The molecule has 0 amide bonds. The third-order valence-electron chi connectivity index (χ3n) is 3.52. The lowest BCUT2D eigenvalue weighted by Crippen LogP contribution is -2.14. The van der Waals surface area contributed by atoms with Gasteiger partial charge >= 0.3 is 0 Å². The van der Waals surface area contributed by atoms with Crippen molar-refractivity contribution in [1.29, 1.82) is 0 Å². The first kappa shape index (κ1) is 15.2. The Bertz CT molecular complexity index is 615. The van der Waals surface area contributed by atoms with Gasteiger partial charge in [0.1, 0.15) is 18.1 Å². The molecule has 116 valence electrons. The Balaban J connectivity index is 1.64. The zero-order valence-corrected chi connectivity index (χ0v) is 13.3. The molecular weight excluding hydrogens is 300 g/mol. The standard InChI is InChI=1S/C18H19ClO3/c1-13-7-18(21-11-13)22-17-9-15(19)8-16(10-17)20-12-14-5-3-2-4-6-14/h2-6,8-10,13,18H,7,11-12H2,1H3/t13-,18?/m1/s1. The van der Waals surface area contributed by atoms with Crippen molar-refractivity contribution < 1.29 is 14.2 Å². The molecule has 4 heteroatoms. The molecule has 0 N–H and O–H groups in total. The molecule has 1 aliphatic rings. The van der Waals surface area contributed by atoms with Crippen molar-refractivity contribution in [2.75, 3.05) is 6.61 Å². The average molecular weight is 319 g/mol. The zero-order valence-electron chi connectivity index (χ0n) is 12.5. The zero-order chi connectivity index (χ0) is 15.4. The number of hydrogen-bond donors (Lipinski definition) is 0. The molecule has 1 fully saturated rings. The van der Waals surface area contributed by atoms with Crippen LogP contribution in [0.4, 0.5) is 0 Å². The van der Waals surface area contributed by atoms with Crippen molar-refractivity contribution in [3.05, 3.63) is 59.1 Å². The first-order chi connectivity index (χ1) is 10.7. The van der Waals surface area contributed by atoms with Crippen LogP contribution in [0, 0.1) is 5.92 Å².